The van der Waals surface area contributed by atoms with Gasteiger partial charge in [0.1, 0.15) is 0 Å². The molecule has 0 amide bonds. The number of aldehydes is 1. The van der Waals surface area contributed by atoms with Crippen molar-refractivity contribution in [1.82, 2.24) is 4.57 Å². The topological polar surface area (TPSA) is 22.0 Å². The van der Waals surface area contributed by atoms with Crippen LogP contribution in [0.3, 0.4) is 0 Å². The molecule has 0 aliphatic carbocycles. The van der Waals surface area contributed by atoms with Gasteiger partial charge in [0.25, 0.3) is 0 Å². The Morgan fingerprint density at radius 2 is 2.55 bits per heavy atom. The van der Waals surface area contributed by atoms with Crippen molar-refractivity contribution in [1.29, 1.82) is 0 Å². The molecule has 0 N–H and O–H groups in total. The fourth-order valence-corrected chi connectivity index (χ4v) is 0.939. The molecule has 0 atom stereocenters. The second-order valence-electron chi connectivity index (χ2n) is 2.69. The summed E-state index contributed by atoms with van der Waals surface area (Å²) >= 11 is 0. The number of allylic oxidation sites excluding steroid dienone is 1. The third-order valence-electron chi connectivity index (χ3n) is 1.36. The van der Waals surface area contributed by atoms with Crippen molar-refractivity contribution in [2.24, 2.45) is 0 Å². The van der Waals surface area contributed by atoms with Gasteiger partial charge in [-0.25, -0.2) is 0 Å². The molecule has 1 rings (SSSR count). The van der Waals surface area contributed by atoms with Gasteiger partial charge in [-0.3, -0.25) is 4.79 Å². The van der Waals surface area contributed by atoms with E-state index in [-0.39, 0.29) is 0 Å². The summed E-state index contributed by atoms with van der Waals surface area (Å²) in [7, 11) is 0. The van der Waals surface area contributed by atoms with Crippen molar-refractivity contribution in [3.63, 3.8) is 0 Å². The molecule has 0 fully saturated rings. The van der Waals surface area contributed by atoms with Crippen LogP contribution in [0.4, 0.5) is 0 Å². The maximum Gasteiger partial charge on any atom is 0.151 e. The van der Waals surface area contributed by atoms with E-state index in [1.165, 1.54) is 0 Å². The first-order chi connectivity index (χ1) is 5.22. The smallest absolute Gasteiger partial charge is 0.151 e. The Bertz CT molecular complexity index is 273. The van der Waals surface area contributed by atoms with Crippen molar-refractivity contribution in [2.45, 2.75) is 13.5 Å². The number of rotatable bonds is 3. The largest absolute Gasteiger partial charge is 0.350 e. The maximum atomic E-state index is 10.3. The quantitative estimate of drug-likeness (QED) is 0.475. The summed E-state index contributed by atoms with van der Waals surface area (Å²) in [6.45, 7) is 6.52. The SMILES string of the molecule is C=C(C)Cn1ccc(C=O)c1. The highest BCUT2D eigenvalue weighted by molar-refractivity contribution is 5.74. The van der Waals surface area contributed by atoms with Gasteiger partial charge in [0.15, 0.2) is 6.29 Å². The van der Waals surface area contributed by atoms with Gasteiger partial charge < -0.3 is 4.57 Å². The molecule has 1 aromatic heterocycles. The third-order valence-corrected chi connectivity index (χ3v) is 1.36. The van der Waals surface area contributed by atoms with Crippen LogP contribution in [0.15, 0.2) is 30.6 Å². The Labute approximate surface area is 66.1 Å². The second-order valence-corrected chi connectivity index (χ2v) is 2.69. The van der Waals surface area contributed by atoms with Crippen molar-refractivity contribution >= 4 is 6.29 Å². The Morgan fingerprint density at radius 1 is 1.82 bits per heavy atom. The molecule has 0 aliphatic rings. The van der Waals surface area contributed by atoms with Crippen LogP contribution in [0.25, 0.3) is 0 Å². The average Bonchev–Trinajstić information content (AvgIpc) is 2.34. The minimum Gasteiger partial charge on any atom is -0.350 e. The summed E-state index contributed by atoms with van der Waals surface area (Å²) < 4.78 is 1.94. The molecule has 0 radical (unpaired) electrons. The molecular formula is C9H11NO. The van der Waals surface area contributed by atoms with Gasteiger partial charge in [-0.1, -0.05) is 12.2 Å². The van der Waals surface area contributed by atoms with Crippen LogP contribution < -0.4 is 0 Å². The molecule has 0 bridgehead atoms. The van der Waals surface area contributed by atoms with Gasteiger partial charge in [-0.05, 0) is 13.0 Å². The molecule has 0 saturated heterocycles. The predicted molar refractivity (Wildman–Crippen MR) is 44.6 cm³/mol. The Hall–Kier alpha value is -1.31. The minimum absolute atomic E-state index is 0.714. The Morgan fingerprint density at radius 3 is 3.00 bits per heavy atom. The fraction of sp³-hybridized carbons (Fsp3) is 0.222. The predicted octanol–water partition coefficient (Wildman–Crippen LogP) is 1.88. The molecule has 11 heavy (non-hydrogen) atoms. The van der Waals surface area contributed by atoms with Crippen LogP contribution in [0, 0.1) is 0 Å². The van der Waals surface area contributed by atoms with E-state index in [0.29, 0.717) is 5.56 Å². The van der Waals surface area contributed by atoms with Crippen LogP contribution in [-0.4, -0.2) is 10.9 Å². The molecule has 1 heterocycles. The highest BCUT2D eigenvalue weighted by atomic mass is 16.1. The van der Waals surface area contributed by atoms with E-state index in [4.69, 9.17) is 0 Å². The molecule has 0 aliphatic heterocycles. The zero-order valence-electron chi connectivity index (χ0n) is 6.58. The molecular weight excluding hydrogens is 138 g/mol. The lowest BCUT2D eigenvalue weighted by atomic mass is 10.3. The first-order valence-electron chi connectivity index (χ1n) is 3.47. The first-order valence-corrected chi connectivity index (χ1v) is 3.47. The van der Waals surface area contributed by atoms with Crippen LogP contribution >= 0.6 is 0 Å². The van der Waals surface area contributed by atoms with Crippen LogP contribution in [0.2, 0.25) is 0 Å². The lowest BCUT2D eigenvalue weighted by molar-refractivity contribution is 0.112. The monoisotopic (exact) mass is 149 g/mol. The molecule has 0 spiro atoms. The molecule has 0 aromatic carbocycles. The third kappa shape index (κ3) is 2.08. The average molecular weight is 149 g/mol. The zero-order valence-corrected chi connectivity index (χ0v) is 6.58. The zero-order chi connectivity index (χ0) is 8.27. The molecule has 2 nitrogen and oxygen atoms in total. The lowest BCUT2D eigenvalue weighted by Gasteiger charge is -1.99. The second kappa shape index (κ2) is 3.19. The van der Waals surface area contributed by atoms with E-state index < -0.39 is 0 Å². The van der Waals surface area contributed by atoms with E-state index in [1.54, 1.807) is 6.07 Å². The highest BCUT2D eigenvalue weighted by Gasteiger charge is 1.93. The van der Waals surface area contributed by atoms with Gasteiger partial charge in [-0.2, -0.15) is 0 Å². The van der Waals surface area contributed by atoms with E-state index in [0.717, 1.165) is 18.4 Å². The van der Waals surface area contributed by atoms with Crippen molar-refractivity contribution in [3.05, 3.63) is 36.2 Å². The highest BCUT2D eigenvalue weighted by Crippen LogP contribution is 2.00. The number of nitrogens with zero attached hydrogens (tertiary/aromatic N) is 1. The van der Waals surface area contributed by atoms with E-state index in [2.05, 4.69) is 6.58 Å². The van der Waals surface area contributed by atoms with Crippen LogP contribution in [0.5, 0.6) is 0 Å². The van der Waals surface area contributed by atoms with Crippen LogP contribution in [-0.2, 0) is 6.54 Å². The molecule has 2 heteroatoms. The first kappa shape index (κ1) is 7.79. The van der Waals surface area contributed by atoms with Gasteiger partial charge in [0, 0.05) is 24.5 Å². The lowest BCUT2D eigenvalue weighted by Crippen LogP contribution is -1.93. The summed E-state index contributed by atoms with van der Waals surface area (Å²) in [5.41, 5.74) is 1.80. The van der Waals surface area contributed by atoms with E-state index in [1.807, 2.05) is 23.9 Å². The van der Waals surface area contributed by atoms with Crippen molar-refractivity contribution < 1.29 is 4.79 Å². The number of aromatic nitrogens is 1. The number of hydrogen-bond acceptors (Lipinski definition) is 1. The van der Waals surface area contributed by atoms with Gasteiger partial charge in [0.05, 0.1) is 0 Å². The van der Waals surface area contributed by atoms with E-state index in [9.17, 15) is 4.79 Å². The maximum absolute atomic E-state index is 10.3. The number of carbonyl (C=O) groups excluding carboxylic acids is 1. The minimum atomic E-state index is 0.714. The number of carbonyl (C=O) groups is 1. The van der Waals surface area contributed by atoms with Crippen molar-refractivity contribution in [3.8, 4) is 0 Å². The summed E-state index contributed by atoms with van der Waals surface area (Å²) in [6, 6.07) is 1.79. The molecule has 58 valence electrons. The van der Waals surface area contributed by atoms with Crippen LogP contribution in [0.1, 0.15) is 17.3 Å². The summed E-state index contributed by atoms with van der Waals surface area (Å²) in [4.78, 5) is 10.3. The summed E-state index contributed by atoms with van der Waals surface area (Å²) in [6.07, 6.45) is 4.52. The van der Waals surface area contributed by atoms with Gasteiger partial charge in [-0.15, -0.1) is 0 Å². The Kier molecular flexibility index (Phi) is 2.26. The van der Waals surface area contributed by atoms with Gasteiger partial charge in [0.2, 0.25) is 0 Å². The fourth-order valence-electron chi connectivity index (χ4n) is 0.939. The number of hydrogen-bond donors (Lipinski definition) is 0. The molecule has 0 saturated carbocycles. The van der Waals surface area contributed by atoms with Gasteiger partial charge >= 0.3 is 0 Å². The summed E-state index contributed by atoms with van der Waals surface area (Å²) in [5, 5.41) is 0. The van der Waals surface area contributed by atoms with Crippen molar-refractivity contribution in [2.75, 3.05) is 0 Å². The summed E-state index contributed by atoms with van der Waals surface area (Å²) in [5.74, 6) is 0. The van der Waals surface area contributed by atoms with E-state index >= 15 is 0 Å². The standard InChI is InChI=1S/C9H11NO/c1-8(2)5-10-4-3-9(6-10)7-11/h3-4,6-7H,1,5H2,2H3. The molecule has 0 unspecified atom stereocenters. The normalized spacial score (nSPS) is 9.55. The Balaban J connectivity index is 2.72. The molecule has 1 aromatic rings.